The standard InChI is InChI=1S/C18H23N3O/c1-15(2)21(13-17-6-4-3-5-7-17)14-18(22)20-12-16-8-10-19-11-9-16/h3-11,15H,12-14H2,1-2H3,(H,20,22). The van der Waals surface area contributed by atoms with Gasteiger partial charge in [-0.3, -0.25) is 14.7 Å². The lowest BCUT2D eigenvalue weighted by molar-refractivity contribution is -0.123. The summed E-state index contributed by atoms with van der Waals surface area (Å²) in [6, 6.07) is 14.4. The predicted octanol–water partition coefficient (Wildman–Crippen LogP) is 2.61. The fourth-order valence-corrected chi connectivity index (χ4v) is 2.18. The Morgan fingerprint density at radius 1 is 1.09 bits per heavy atom. The number of aromatic nitrogens is 1. The zero-order valence-corrected chi connectivity index (χ0v) is 13.2. The monoisotopic (exact) mass is 297 g/mol. The van der Waals surface area contributed by atoms with E-state index in [9.17, 15) is 4.79 Å². The Kier molecular flexibility index (Phi) is 6.10. The highest BCUT2D eigenvalue weighted by atomic mass is 16.2. The molecule has 2 aromatic rings. The van der Waals surface area contributed by atoms with Crippen molar-refractivity contribution in [3.63, 3.8) is 0 Å². The minimum absolute atomic E-state index is 0.0430. The van der Waals surface area contributed by atoms with Gasteiger partial charge >= 0.3 is 0 Å². The first kappa shape index (κ1) is 16.2. The lowest BCUT2D eigenvalue weighted by atomic mass is 10.2. The van der Waals surface area contributed by atoms with Crippen LogP contribution < -0.4 is 5.32 Å². The first-order valence-corrected chi connectivity index (χ1v) is 7.58. The molecule has 1 N–H and O–H groups in total. The molecule has 0 saturated heterocycles. The topological polar surface area (TPSA) is 45.2 Å². The van der Waals surface area contributed by atoms with Crippen molar-refractivity contribution in [3.8, 4) is 0 Å². The van der Waals surface area contributed by atoms with E-state index in [1.807, 2.05) is 30.3 Å². The number of nitrogens with one attached hydrogen (secondary N) is 1. The van der Waals surface area contributed by atoms with Crippen LogP contribution in [0.4, 0.5) is 0 Å². The maximum atomic E-state index is 12.2. The smallest absolute Gasteiger partial charge is 0.234 e. The van der Waals surface area contributed by atoms with Gasteiger partial charge in [-0.2, -0.15) is 0 Å². The molecule has 0 unspecified atom stereocenters. The van der Waals surface area contributed by atoms with Crippen molar-refractivity contribution in [3.05, 3.63) is 66.0 Å². The Labute approximate surface area is 132 Å². The first-order chi connectivity index (χ1) is 10.6. The van der Waals surface area contributed by atoms with Crippen LogP contribution >= 0.6 is 0 Å². The van der Waals surface area contributed by atoms with E-state index >= 15 is 0 Å². The van der Waals surface area contributed by atoms with Gasteiger partial charge in [0.05, 0.1) is 6.54 Å². The minimum atomic E-state index is 0.0430. The third-order valence-electron chi connectivity index (χ3n) is 3.54. The Bertz CT molecular complexity index is 569. The van der Waals surface area contributed by atoms with Crippen molar-refractivity contribution in [2.24, 2.45) is 0 Å². The summed E-state index contributed by atoms with van der Waals surface area (Å²) in [5, 5.41) is 2.96. The lowest BCUT2D eigenvalue weighted by Gasteiger charge is -2.25. The van der Waals surface area contributed by atoms with Gasteiger partial charge in [-0.25, -0.2) is 0 Å². The molecule has 1 amide bonds. The van der Waals surface area contributed by atoms with E-state index in [2.05, 4.69) is 41.2 Å². The van der Waals surface area contributed by atoms with Gasteiger partial charge in [0.15, 0.2) is 0 Å². The molecule has 0 radical (unpaired) electrons. The molecule has 0 fully saturated rings. The molecular weight excluding hydrogens is 274 g/mol. The molecular formula is C18H23N3O. The van der Waals surface area contributed by atoms with Crippen LogP contribution in [0.2, 0.25) is 0 Å². The van der Waals surface area contributed by atoms with Gasteiger partial charge in [0.2, 0.25) is 5.91 Å². The molecule has 0 aliphatic heterocycles. The van der Waals surface area contributed by atoms with Gasteiger partial charge in [-0.15, -0.1) is 0 Å². The Morgan fingerprint density at radius 3 is 2.41 bits per heavy atom. The van der Waals surface area contributed by atoms with E-state index in [0.29, 0.717) is 19.1 Å². The summed E-state index contributed by atoms with van der Waals surface area (Å²) in [5.74, 6) is 0.0430. The summed E-state index contributed by atoms with van der Waals surface area (Å²) in [7, 11) is 0. The van der Waals surface area contributed by atoms with Gasteiger partial charge in [0, 0.05) is 31.5 Å². The maximum Gasteiger partial charge on any atom is 0.234 e. The van der Waals surface area contributed by atoms with E-state index in [4.69, 9.17) is 0 Å². The molecule has 1 aromatic heterocycles. The van der Waals surface area contributed by atoms with Crippen LogP contribution in [-0.2, 0) is 17.9 Å². The highest BCUT2D eigenvalue weighted by molar-refractivity contribution is 5.78. The lowest BCUT2D eigenvalue weighted by Crippen LogP contribution is -2.40. The molecule has 0 atom stereocenters. The van der Waals surface area contributed by atoms with Gasteiger partial charge in [-0.1, -0.05) is 30.3 Å². The van der Waals surface area contributed by atoms with Gasteiger partial charge in [-0.05, 0) is 37.1 Å². The average Bonchev–Trinajstić information content (AvgIpc) is 2.54. The molecule has 0 aliphatic rings. The number of hydrogen-bond donors (Lipinski definition) is 1. The van der Waals surface area contributed by atoms with E-state index in [1.165, 1.54) is 5.56 Å². The van der Waals surface area contributed by atoms with Gasteiger partial charge in [0.25, 0.3) is 0 Å². The van der Waals surface area contributed by atoms with Crippen molar-refractivity contribution >= 4 is 5.91 Å². The molecule has 0 aliphatic carbocycles. The second-order valence-electron chi connectivity index (χ2n) is 5.62. The number of benzene rings is 1. The van der Waals surface area contributed by atoms with Crippen LogP contribution in [0.1, 0.15) is 25.0 Å². The second-order valence-corrected chi connectivity index (χ2v) is 5.62. The largest absolute Gasteiger partial charge is 0.351 e. The molecule has 1 aromatic carbocycles. The number of rotatable bonds is 7. The Morgan fingerprint density at radius 2 is 1.77 bits per heavy atom. The molecule has 116 valence electrons. The van der Waals surface area contributed by atoms with Crippen LogP contribution in [0.3, 0.4) is 0 Å². The third kappa shape index (κ3) is 5.30. The molecule has 0 bridgehead atoms. The zero-order valence-electron chi connectivity index (χ0n) is 13.2. The fourth-order valence-electron chi connectivity index (χ4n) is 2.18. The Hall–Kier alpha value is -2.20. The molecule has 22 heavy (non-hydrogen) atoms. The molecule has 0 saturated carbocycles. The zero-order chi connectivity index (χ0) is 15.8. The molecule has 2 rings (SSSR count). The van der Waals surface area contributed by atoms with E-state index in [-0.39, 0.29) is 5.91 Å². The van der Waals surface area contributed by atoms with Crippen molar-refractivity contribution in [1.29, 1.82) is 0 Å². The highest BCUT2D eigenvalue weighted by Gasteiger charge is 2.14. The number of hydrogen-bond acceptors (Lipinski definition) is 3. The second kappa shape index (κ2) is 8.29. The van der Waals surface area contributed by atoms with Crippen LogP contribution in [0, 0.1) is 0 Å². The fraction of sp³-hybridized carbons (Fsp3) is 0.333. The summed E-state index contributed by atoms with van der Waals surface area (Å²) < 4.78 is 0. The molecule has 0 spiro atoms. The van der Waals surface area contributed by atoms with Crippen molar-refractivity contribution in [1.82, 2.24) is 15.2 Å². The van der Waals surface area contributed by atoms with Crippen LogP contribution in [-0.4, -0.2) is 28.4 Å². The number of amides is 1. The summed E-state index contributed by atoms with van der Waals surface area (Å²) in [5.41, 5.74) is 2.28. The van der Waals surface area contributed by atoms with Gasteiger partial charge < -0.3 is 5.32 Å². The van der Waals surface area contributed by atoms with E-state index < -0.39 is 0 Å². The number of carbonyl (C=O) groups excluding carboxylic acids is 1. The number of carbonyl (C=O) groups is 1. The minimum Gasteiger partial charge on any atom is -0.351 e. The normalized spacial score (nSPS) is 10.9. The summed E-state index contributed by atoms with van der Waals surface area (Å²) >= 11 is 0. The number of nitrogens with zero attached hydrogens (tertiary/aromatic N) is 2. The summed E-state index contributed by atoms with van der Waals surface area (Å²) in [6.07, 6.45) is 3.47. The summed E-state index contributed by atoms with van der Waals surface area (Å²) in [4.78, 5) is 18.3. The van der Waals surface area contributed by atoms with Crippen molar-refractivity contribution < 1.29 is 4.79 Å². The summed E-state index contributed by atoms with van der Waals surface area (Å²) in [6.45, 7) is 5.94. The highest BCUT2D eigenvalue weighted by Crippen LogP contribution is 2.07. The predicted molar refractivity (Wildman–Crippen MR) is 88.1 cm³/mol. The van der Waals surface area contributed by atoms with Crippen LogP contribution in [0.15, 0.2) is 54.9 Å². The Balaban J connectivity index is 1.86. The van der Waals surface area contributed by atoms with Crippen LogP contribution in [0.25, 0.3) is 0 Å². The molecule has 4 nitrogen and oxygen atoms in total. The molecule has 4 heteroatoms. The SMILES string of the molecule is CC(C)N(CC(=O)NCc1ccncc1)Cc1ccccc1. The van der Waals surface area contributed by atoms with Crippen molar-refractivity contribution in [2.75, 3.05) is 6.54 Å². The number of pyridine rings is 1. The third-order valence-corrected chi connectivity index (χ3v) is 3.54. The van der Waals surface area contributed by atoms with Gasteiger partial charge in [0.1, 0.15) is 0 Å². The van der Waals surface area contributed by atoms with Crippen LogP contribution in [0.5, 0.6) is 0 Å². The van der Waals surface area contributed by atoms with E-state index in [0.717, 1.165) is 12.1 Å². The van der Waals surface area contributed by atoms with E-state index in [1.54, 1.807) is 12.4 Å². The first-order valence-electron chi connectivity index (χ1n) is 7.58. The quantitative estimate of drug-likeness (QED) is 0.854. The molecule has 1 heterocycles. The average molecular weight is 297 g/mol. The van der Waals surface area contributed by atoms with Crippen molar-refractivity contribution in [2.45, 2.75) is 33.0 Å². The maximum absolute atomic E-state index is 12.2.